The molecule has 4 heteroatoms. The van der Waals surface area contributed by atoms with Crippen LogP contribution in [0.3, 0.4) is 0 Å². The third-order valence-corrected chi connectivity index (χ3v) is 5.51. The molecule has 3 atom stereocenters. The molecule has 1 aromatic heterocycles. The number of rotatable bonds is 3. The Labute approximate surface area is 129 Å². The summed E-state index contributed by atoms with van der Waals surface area (Å²) in [4.78, 5) is 16.9. The van der Waals surface area contributed by atoms with Gasteiger partial charge in [-0.2, -0.15) is 0 Å². The van der Waals surface area contributed by atoms with E-state index in [0.29, 0.717) is 5.92 Å². The van der Waals surface area contributed by atoms with Crippen LogP contribution in [-0.2, 0) is 10.2 Å². The van der Waals surface area contributed by atoms with Crippen LogP contribution < -0.4 is 5.32 Å². The van der Waals surface area contributed by atoms with Gasteiger partial charge in [0.25, 0.3) is 0 Å². The van der Waals surface area contributed by atoms with E-state index in [-0.39, 0.29) is 17.2 Å². The van der Waals surface area contributed by atoms with Crippen molar-refractivity contribution in [2.75, 3.05) is 5.32 Å². The summed E-state index contributed by atoms with van der Waals surface area (Å²) in [6.45, 7) is 4.06. The Morgan fingerprint density at radius 2 is 2.27 bits per heavy atom. The van der Waals surface area contributed by atoms with Crippen molar-refractivity contribution >= 4 is 11.6 Å². The molecule has 1 heterocycles. The van der Waals surface area contributed by atoms with E-state index in [2.05, 4.69) is 16.4 Å². The number of benzene rings is 1. The molecule has 3 unspecified atom stereocenters. The molecule has 0 aliphatic heterocycles. The second-order valence-corrected chi connectivity index (χ2v) is 6.81. The summed E-state index contributed by atoms with van der Waals surface area (Å²) in [6.07, 6.45) is 6.42. The Kier molecular flexibility index (Phi) is 2.90. The summed E-state index contributed by atoms with van der Waals surface area (Å²) in [6, 6.07) is 6.15. The molecule has 5 rings (SSSR count). The molecule has 1 N–H and O–H groups in total. The minimum absolute atomic E-state index is 0.0142. The number of nitrogens with one attached hydrogen (secondary N) is 1. The molecular formula is C18H20N2O2. The zero-order chi connectivity index (χ0) is 15.3. The molecule has 2 bridgehead atoms. The van der Waals surface area contributed by atoms with Crippen molar-refractivity contribution in [3.63, 3.8) is 0 Å². The van der Waals surface area contributed by atoms with E-state index in [0.717, 1.165) is 41.8 Å². The van der Waals surface area contributed by atoms with Gasteiger partial charge in [-0.1, -0.05) is 12.1 Å². The first-order chi connectivity index (χ1) is 10.6. The summed E-state index contributed by atoms with van der Waals surface area (Å²) in [5.74, 6) is 1.50. The van der Waals surface area contributed by atoms with Gasteiger partial charge in [0.2, 0.25) is 5.91 Å². The third-order valence-electron chi connectivity index (χ3n) is 5.51. The predicted molar refractivity (Wildman–Crippen MR) is 83.6 cm³/mol. The largest absolute Gasteiger partial charge is 0.448 e. The molecule has 3 saturated carbocycles. The lowest BCUT2D eigenvalue weighted by Gasteiger charge is -2.44. The lowest BCUT2D eigenvalue weighted by Crippen LogP contribution is -2.50. The van der Waals surface area contributed by atoms with Crippen LogP contribution in [0.2, 0.25) is 0 Å². The number of oxazole rings is 1. The number of anilines is 1. The zero-order valence-electron chi connectivity index (χ0n) is 12.9. The number of hydrogen-bond acceptors (Lipinski definition) is 3. The molecule has 3 aliphatic carbocycles. The number of aryl methyl sites for hydroxylation is 2. The minimum Gasteiger partial charge on any atom is -0.448 e. The summed E-state index contributed by atoms with van der Waals surface area (Å²) in [7, 11) is 0. The van der Waals surface area contributed by atoms with E-state index in [1.807, 2.05) is 26.0 Å². The van der Waals surface area contributed by atoms with Gasteiger partial charge in [0.05, 0.1) is 12.1 Å². The molecule has 4 nitrogen and oxygen atoms in total. The molecule has 1 aromatic carbocycles. The third kappa shape index (κ3) is 1.83. The second-order valence-electron chi connectivity index (χ2n) is 6.81. The van der Waals surface area contributed by atoms with Crippen LogP contribution in [-0.4, -0.2) is 10.9 Å². The van der Waals surface area contributed by atoms with Crippen molar-refractivity contribution in [1.29, 1.82) is 0 Å². The average molecular weight is 296 g/mol. The first kappa shape index (κ1) is 13.6. The van der Waals surface area contributed by atoms with E-state index in [1.54, 1.807) is 6.20 Å². The highest BCUT2D eigenvalue weighted by molar-refractivity contribution is 5.95. The first-order valence-corrected chi connectivity index (χ1v) is 7.87. The maximum Gasteiger partial charge on any atom is 0.228 e. The van der Waals surface area contributed by atoms with Gasteiger partial charge in [0, 0.05) is 11.1 Å². The highest BCUT2D eigenvalue weighted by Crippen LogP contribution is 2.64. The van der Waals surface area contributed by atoms with Crippen LogP contribution in [0, 0.1) is 25.7 Å². The molecule has 0 radical (unpaired) electrons. The number of fused-ring (bicyclic) bond motifs is 1. The number of hydrogen-bond donors (Lipinski definition) is 1. The molecule has 0 saturated heterocycles. The molecule has 3 fully saturated rings. The van der Waals surface area contributed by atoms with Crippen LogP contribution in [0.4, 0.5) is 5.69 Å². The average Bonchev–Trinajstić information content (AvgIpc) is 3.16. The number of carbonyl (C=O) groups is 1. The fourth-order valence-electron chi connectivity index (χ4n) is 4.36. The molecule has 2 aromatic rings. The van der Waals surface area contributed by atoms with Gasteiger partial charge in [-0.3, -0.25) is 4.79 Å². The predicted octanol–water partition coefficient (Wildman–Crippen LogP) is 3.60. The molecule has 114 valence electrons. The highest BCUT2D eigenvalue weighted by Gasteiger charge is 2.64. The van der Waals surface area contributed by atoms with Gasteiger partial charge in [0.1, 0.15) is 5.76 Å². The van der Waals surface area contributed by atoms with Crippen molar-refractivity contribution in [3.8, 4) is 0 Å². The Morgan fingerprint density at radius 3 is 3.00 bits per heavy atom. The van der Waals surface area contributed by atoms with Crippen LogP contribution in [0.5, 0.6) is 0 Å². The lowest BCUT2D eigenvalue weighted by atomic mass is 9.58. The molecule has 1 amide bonds. The van der Waals surface area contributed by atoms with Gasteiger partial charge in [-0.05, 0) is 56.2 Å². The van der Waals surface area contributed by atoms with Crippen molar-refractivity contribution < 1.29 is 9.21 Å². The first-order valence-electron chi connectivity index (χ1n) is 7.87. The topological polar surface area (TPSA) is 55.1 Å². The van der Waals surface area contributed by atoms with E-state index < -0.39 is 0 Å². The Balaban J connectivity index is 1.60. The number of amides is 1. The fraction of sp³-hybridized carbons (Fsp3) is 0.444. The van der Waals surface area contributed by atoms with Crippen LogP contribution in [0.1, 0.15) is 36.1 Å². The highest BCUT2D eigenvalue weighted by atomic mass is 16.3. The van der Waals surface area contributed by atoms with Crippen molar-refractivity contribution in [1.82, 2.24) is 4.98 Å². The molecule has 22 heavy (non-hydrogen) atoms. The molecular weight excluding hydrogens is 276 g/mol. The number of nitrogens with zero attached hydrogens (tertiary/aromatic N) is 1. The summed E-state index contributed by atoms with van der Waals surface area (Å²) in [5.41, 5.74) is 3.05. The molecule has 0 spiro atoms. The van der Waals surface area contributed by atoms with Gasteiger partial charge >= 0.3 is 0 Å². The lowest BCUT2D eigenvalue weighted by molar-refractivity contribution is -0.127. The monoisotopic (exact) mass is 296 g/mol. The Bertz CT molecular complexity index is 719. The zero-order valence-corrected chi connectivity index (χ0v) is 12.9. The van der Waals surface area contributed by atoms with Crippen LogP contribution >= 0.6 is 0 Å². The summed E-state index contributed by atoms with van der Waals surface area (Å²) < 4.78 is 5.54. The number of aromatic nitrogens is 1. The SMILES string of the molecule is Cc1ccc(C)c(NC(=O)C2C3CCC2(c2cnco2)C3)c1. The van der Waals surface area contributed by atoms with Crippen molar-refractivity contribution in [2.24, 2.45) is 11.8 Å². The van der Waals surface area contributed by atoms with Crippen molar-refractivity contribution in [3.05, 3.63) is 47.7 Å². The maximum atomic E-state index is 12.8. The van der Waals surface area contributed by atoms with Crippen LogP contribution in [0.25, 0.3) is 0 Å². The minimum atomic E-state index is -0.122. The molecule has 3 aliphatic rings. The van der Waals surface area contributed by atoms with Gasteiger partial charge in [0.15, 0.2) is 6.39 Å². The summed E-state index contributed by atoms with van der Waals surface area (Å²) >= 11 is 0. The smallest absolute Gasteiger partial charge is 0.228 e. The normalized spacial score (nSPS) is 29.2. The maximum absolute atomic E-state index is 12.8. The van der Waals surface area contributed by atoms with Gasteiger partial charge < -0.3 is 9.73 Å². The fourth-order valence-corrected chi connectivity index (χ4v) is 4.36. The van der Waals surface area contributed by atoms with E-state index in [1.165, 1.54) is 6.39 Å². The standard InChI is InChI=1S/C18H20N2O2/c1-11-3-4-12(2)14(7-11)20-17(21)16-13-5-6-18(16,8-13)15-9-19-10-22-15/h3-4,7,9-10,13,16H,5-6,8H2,1-2H3,(H,20,21). The Morgan fingerprint density at radius 1 is 1.41 bits per heavy atom. The quantitative estimate of drug-likeness (QED) is 0.941. The Hall–Kier alpha value is -2.10. The number of carbonyl (C=O) groups excluding carboxylic acids is 1. The van der Waals surface area contributed by atoms with Crippen LogP contribution in [0.15, 0.2) is 35.2 Å². The van der Waals surface area contributed by atoms with Gasteiger partial charge in [-0.25, -0.2) is 4.98 Å². The van der Waals surface area contributed by atoms with Gasteiger partial charge in [-0.15, -0.1) is 0 Å². The van der Waals surface area contributed by atoms with E-state index in [4.69, 9.17) is 4.42 Å². The second kappa shape index (κ2) is 4.70. The summed E-state index contributed by atoms with van der Waals surface area (Å²) in [5, 5.41) is 3.14. The van der Waals surface area contributed by atoms with Crippen molar-refractivity contribution in [2.45, 2.75) is 38.5 Å². The van der Waals surface area contributed by atoms with E-state index in [9.17, 15) is 4.79 Å². The van der Waals surface area contributed by atoms with E-state index >= 15 is 0 Å².